The van der Waals surface area contributed by atoms with Gasteiger partial charge in [-0.25, -0.2) is 0 Å². The van der Waals surface area contributed by atoms with Gasteiger partial charge in [-0.1, -0.05) is 0 Å². The van der Waals surface area contributed by atoms with Crippen molar-refractivity contribution in [3.8, 4) is 0 Å². The summed E-state index contributed by atoms with van der Waals surface area (Å²) in [5.41, 5.74) is 7.39. The van der Waals surface area contributed by atoms with E-state index in [9.17, 15) is 4.79 Å². The molecule has 0 aromatic carbocycles. The van der Waals surface area contributed by atoms with Crippen LogP contribution in [0.4, 0.5) is 4.79 Å². The number of amides is 2. The zero-order valence-corrected chi connectivity index (χ0v) is 6.52. The number of primary amides is 1. The van der Waals surface area contributed by atoms with Gasteiger partial charge in [-0.3, -0.25) is 0 Å². The van der Waals surface area contributed by atoms with Gasteiger partial charge < -0.3 is 0 Å². The van der Waals surface area contributed by atoms with Gasteiger partial charge in [0.15, 0.2) is 0 Å². The fraction of sp³-hybridized carbons (Fsp3) is 0.500. The van der Waals surface area contributed by atoms with E-state index in [1.54, 1.807) is 7.05 Å². The number of rotatable bonds is 3. The summed E-state index contributed by atoms with van der Waals surface area (Å²) in [5.74, 6) is 0. The minimum atomic E-state index is -0.501. The van der Waals surface area contributed by atoms with Crippen molar-refractivity contribution in [1.29, 1.82) is 0 Å². The maximum atomic E-state index is 9.94. The molecule has 0 heterocycles. The topological polar surface area (TPSA) is 79.2 Å². The van der Waals surface area contributed by atoms with Gasteiger partial charge in [0.25, 0.3) is 0 Å². The fourth-order valence-electron chi connectivity index (χ4n) is 0.117. The van der Waals surface area contributed by atoms with E-state index in [0.29, 0.717) is 0 Å². The quantitative estimate of drug-likeness (QED) is 0.170. The first-order valence-corrected chi connectivity index (χ1v) is 4.03. The molecule has 50 valence electrons. The number of halogens is 1. The molecule has 0 aromatic heterocycles. The average Bonchev–Trinajstić information content (AvgIpc) is 1.66. The molecule has 0 atom stereocenters. The summed E-state index contributed by atoms with van der Waals surface area (Å²) >= 11 is -0.501. The Morgan fingerprint density at radius 2 is 2.38 bits per heavy atom. The molecule has 0 aliphatic rings. The van der Waals surface area contributed by atoms with Crippen LogP contribution in [-0.4, -0.2) is 13.1 Å². The number of urea groups is 1. The van der Waals surface area contributed by atoms with Crippen molar-refractivity contribution in [1.82, 2.24) is 12.6 Å². The Morgan fingerprint density at radius 1 is 1.75 bits per heavy atom. The van der Waals surface area contributed by atoms with E-state index in [1.165, 1.54) is 0 Å². The molecule has 0 unspecified atom stereocenters. The molecule has 2 amide bonds. The van der Waals surface area contributed by atoms with Gasteiger partial charge in [0.1, 0.15) is 0 Å². The summed E-state index contributed by atoms with van der Waals surface area (Å²) < 4.78 is 5.15. The van der Waals surface area contributed by atoms with Crippen LogP contribution < -0.4 is 40.1 Å². The molecule has 0 fully saturated rings. The van der Waals surface area contributed by atoms with Crippen molar-refractivity contribution >= 4 is 6.03 Å². The van der Waals surface area contributed by atoms with Crippen LogP contribution in [-0.2, 0) is 0 Å². The molecule has 5 nitrogen and oxygen atoms in total. The predicted octanol–water partition coefficient (Wildman–Crippen LogP) is -4.70. The van der Waals surface area contributed by atoms with Crippen LogP contribution >= 0.6 is 0 Å². The van der Waals surface area contributed by atoms with Gasteiger partial charge in [0.05, 0.1) is 0 Å². The van der Waals surface area contributed by atoms with Gasteiger partial charge in [0, 0.05) is 0 Å². The summed E-state index contributed by atoms with van der Waals surface area (Å²) in [6.45, 7) is 0. The monoisotopic (exact) mass is 231 g/mol. The summed E-state index contributed by atoms with van der Waals surface area (Å²) in [6, 6.07) is -0.486. The fourth-order valence-corrected chi connectivity index (χ4v) is 0.788. The van der Waals surface area contributed by atoms with Crippen LogP contribution in [0.25, 0.3) is 0 Å². The SMILES string of the molecule is CNN[I-]NC(N)=O. The van der Waals surface area contributed by atoms with Crippen molar-refractivity contribution < 1.29 is 26.5 Å². The van der Waals surface area contributed by atoms with E-state index in [2.05, 4.69) is 12.6 Å². The number of nitrogens with two attached hydrogens (primary N) is 1. The Kier molecular flexibility index (Phi) is 5.01. The third-order valence-corrected chi connectivity index (χ3v) is 1.89. The first kappa shape index (κ1) is 7.92. The Morgan fingerprint density at radius 3 is 2.75 bits per heavy atom. The van der Waals surface area contributed by atoms with Gasteiger partial charge in [0.2, 0.25) is 0 Å². The standard InChI is InChI=1S/C2H8IN4O/c1-5-7-3-6-2(4)8/h5,7H,1H3,(H3,4,6,8)/q-1. The Balaban J connectivity index is 2.82. The molecule has 0 bridgehead atoms. The summed E-state index contributed by atoms with van der Waals surface area (Å²) in [4.78, 5) is 9.94. The molecule has 0 radical (unpaired) electrons. The Bertz CT molecular complexity index is 76.4. The van der Waals surface area contributed by atoms with Crippen molar-refractivity contribution in [3.05, 3.63) is 0 Å². The van der Waals surface area contributed by atoms with Crippen molar-refractivity contribution in [2.45, 2.75) is 0 Å². The van der Waals surface area contributed by atoms with Crippen LogP contribution in [0.5, 0.6) is 0 Å². The van der Waals surface area contributed by atoms with Crippen LogP contribution in [0.1, 0.15) is 0 Å². The normalized spacial score (nSPS) is 9.12. The van der Waals surface area contributed by atoms with Crippen LogP contribution in [0.15, 0.2) is 0 Å². The van der Waals surface area contributed by atoms with E-state index >= 15 is 0 Å². The second-order valence-electron chi connectivity index (χ2n) is 0.898. The van der Waals surface area contributed by atoms with Crippen molar-refractivity contribution in [3.63, 3.8) is 0 Å². The van der Waals surface area contributed by atoms with E-state index < -0.39 is 27.8 Å². The second-order valence-corrected chi connectivity index (χ2v) is 2.52. The van der Waals surface area contributed by atoms with Crippen LogP contribution in [0.2, 0.25) is 0 Å². The molecule has 5 N–H and O–H groups in total. The second kappa shape index (κ2) is 5.06. The molecule has 0 spiro atoms. The van der Waals surface area contributed by atoms with Crippen molar-refractivity contribution in [2.24, 2.45) is 5.73 Å². The molecule has 0 aromatic rings. The Labute approximate surface area is 58.3 Å². The first-order chi connectivity index (χ1) is 3.77. The molecular formula is C2H8IN4O-. The first-order valence-electron chi connectivity index (χ1n) is 1.87. The minimum absolute atomic E-state index is 0.486. The number of nitrogens with one attached hydrogen (secondary N) is 3. The van der Waals surface area contributed by atoms with Gasteiger partial charge in [-0.15, -0.1) is 0 Å². The molecule has 8 heavy (non-hydrogen) atoms. The molecular weight excluding hydrogens is 223 g/mol. The number of hydrogen-bond donors (Lipinski definition) is 4. The van der Waals surface area contributed by atoms with E-state index in [4.69, 9.17) is 5.73 Å². The summed E-state index contributed by atoms with van der Waals surface area (Å²) in [6.07, 6.45) is 0. The van der Waals surface area contributed by atoms with E-state index in [1.807, 2.05) is 0 Å². The third-order valence-electron chi connectivity index (χ3n) is 0.282. The number of carbonyl (C=O) groups is 1. The molecule has 0 saturated heterocycles. The molecule has 0 aliphatic heterocycles. The summed E-state index contributed by atoms with van der Waals surface area (Å²) in [7, 11) is 1.72. The molecule has 0 aliphatic carbocycles. The predicted molar refractivity (Wildman–Crippen MR) is 24.9 cm³/mol. The Hall–Kier alpha value is -0.0800. The third kappa shape index (κ3) is 5.92. The zero-order chi connectivity index (χ0) is 6.41. The van der Waals surface area contributed by atoms with Crippen LogP contribution in [0.3, 0.4) is 0 Å². The van der Waals surface area contributed by atoms with Gasteiger partial charge in [-0.05, 0) is 0 Å². The van der Waals surface area contributed by atoms with Crippen LogP contribution in [0, 0.1) is 0 Å². The number of hydrazine groups is 1. The number of carbonyl (C=O) groups excluding carboxylic acids is 1. The molecule has 6 heteroatoms. The molecule has 0 rings (SSSR count). The van der Waals surface area contributed by atoms with Crippen molar-refractivity contribution in [2.75, 3.05) is 7.05 Å². The van der Waals surface area contributed by atoms with Gasteiger partial charge >= 0.3 is 58.0 Å². The molecule has 0 saturated carbocycles. The van der Waals surface area contributed by atoms with E-state index in [0.717, 1.165) is 0 Å². The zero-order valence-electron chi connectivity index (χ0n) is 4.36. The van der Waals surface area contributed by atoms with Gasteiger partial charge in [-0.2, -0.15) is 0 Å². The number of hydrogen-bond acceptors (Lipinski definition) is 3. The van der Waals surface area contributed by atoms with E-state index in [-0.39, 0.29) is 0 Å². The average molecular weight is 231 g/mol. The summed E-state index contributed by atoms with van der Waals surface area (Å²) in [5, 5.41) is 0. The maximum absolute atomic E-state index is 9.94.